The highest BCUT2D eigenvalue weighted by Gasteiger charge is 2.08. The number of rotatable bonds is 4. The normalized spacial score (nSPS) is 10.5. The van der Waals surface area contributed by atoms with Crippen molar-refractivity contribution in [2.75, 3.05) is 16.8 Å². The van der Waals surface area contributed by atoms with Gasteiger partial charge in [0, 0.05) is 11.3 Å². The molecule has 0 atom stereocenters. The highest BCUT2D eigenvalue weighted by atomic mass is 127. The summed E-state index contributed by atoms with van der Waals surface area (Å²) in [7, 11) is 0. The predicted octanol–water partition coefficient (Wildman–Crippen LogP) is 1.28. The number of halogens is 1. The first-order valence-electron chi connectivity index (χ1n) is 6.86. The third-order valence-electron chi connectivity index (χ3n) is 3.21. The van der Waals surface area contributed by atoms with Crippen LogP contribution in [0.15, 0.2) is 30.5 Å². The fourth-order valence-electron chi connectivity index (χ4n) is 2.05. The molecule has 0 aliphatic rings. The van der Waals surface area contributed by atoms with Gasteiger partial charge in [0.2, 0.25) is 5.95 Å². The van der Waals surface area contributed by atoms with Gasteiger partial charge in [-0.05, 0) is 24.3 Å². The van der Waals surface area contributed by atoms with Gasteiger partial charge in [-0.25, -0.2) is 9.97 Å². The van der Waals surface area contributed by atoms with E-state index in [-0.39, 0.29) is 17.7 Å². The maximum absolute atomic E-state index is 11.5. The van der Waals surface area contributed by atoms with Gasteiger partial charge in [-0.2, -0.15) is 9.97 Å². The van der Waals surface area contributed by atoms with Crippen LogP contribution in [0.3, 0.4) is 0 Å². The minimum atomic E-state index is -0.141. The number of hydrogen-bond acceptors (Lipinski definition) is 8. The van der Waals surface area contributed by atoms with Gasteiger partial charge in [-0.1, -0.05) is 0 Å². The van der Waals surface area contributed by atoms with Gasteiger partial charge in [0.25, 0.3) is 5.91 Å². The van der Waals surface area contributed by atoms with Crippen molar-refractivity contribution < 1.29 is 4.79 Å². The van der Waals surface area contributed by atoms with Crippen molar-refractivity contribution in [1.29, 1.82) is 0 Å². The molecule has 0 saturated heterocycles. The summed E-state index contributed by atoms with van der Waals surface area (Å²) < 4.78 is 2.54. The summed E-state index contributed by atoms with van der Waals surface area (Å²) in [5.74, 6) is 0.120. The standard InChI is InChI=1S/C14H13IN8O/c15-23-13(24)7-1-3-8(4-2-7)18-5-9-6-19-12-10(20-9)11(16)21-14(17)22-12/h1-4,6,18H,5H2,(H,23,24)(H4,16,17,19,21,22). The molecule has 122 valence electrons. The summed E-state index contributed by atoms with van der Waals surface area (Å²) in [6.07, 6.45) is 1.60. The summed E-state index contributed by atoms with van der Waals surface area (Å²) in [5, 5.41) is 3.20. The summed E-state index contributed by atoms with van der Waals surface area (Å²) in [6, 6.07) is 7.09. The third-order valence-corrected chi connectivity index (χ3v) is 3.70. The van der Waals surface area contributed by atoms with Crippen molar-refractivity contribution in [3.8, 4) is 0 Å². The number of amides is 1. The third kappa shape index (κ3) is 3.42. The molecule has 0 fully saturated rings. The number of nitrogens with one attached hydrogen (secondary N) is 2. The number of carbonyl (C=O) groups excluding carboxylic acids is 1. The Morgan fingerprint density at radius 1 is 1.12 bits per heavy atom. The van der Waals surface area contributed by atoms with E-state index in [4.69, 9.17) is 11.5 Å². The van der Waals surface area contributed by atoms with Crippen LogP contribution in [0.5, 0.6) is 0 Å². The highest BCUT2D eigenvalue weighted by molar-refractivity contribution is 14.1. The van der Waals surface area contributed by atoms with Crippen LogP contribution >= 0.6 is 22.9 Å². The molecule has 0 radical (unpaired) electrons. The van der Waals surface area contributed by atoms with E-state index in [1.165, 1.54) is 0 Å². The van der Waals surface area contributed by atoms with E-state index in [0.29, 0.717) is 29.0 Å². The molecule has 1 amide bonds. The molecule has 3 rings (SSSR count). The smallest absolute Gasteiger partial charge is 0.259 e. The Bertz CT molecular complexity index is 899. The van der Waals surface area contributed by atoms with Crippen molar-refractivity contribution in [3.63, 3.8) is 0 Å². The predicted molar refractivity (Wildman–Crippen MR) is 99.2 cm³/mol. The van der Waals surface area contributed by atoms with E-state index in [0.717, 1.165) is 5.69 Å². The zero-order chi connectivity index (χ0) is 17.1. The van der Waals surface area contributed by atoms with E-state index in [9.17, 15) is 4.79 Å². The maximum atomic E-state index is 11.5. The van der Waals surface area contributed by atoms with Crippen LogP contribution in [0.25, 0.3) is 11.2 Å². The molecule has 0 aliphatic carbocycles. The summed E-state index contributed by atoms with van der Waals surface area (Å²) >= 11 is 1.80. The van der Waals surface area contributed by atoms with Crippen molar-refractivity contribution in [3.05, 3.63) is 41.7 Å². The fraction of sp³-hybridized carbons (Fsp3) is 0.0714. The topological polar surface area (TPSA) is 145 Å². The number of nitrogens with zero attached hydrogens (tertiary/aromatic N) is 4. The second-order valence-electron chi connectivity index (χ2n) is 4.86. The largest absolute Gasteiger partial charge is 0.382 e. The molecule has 1 aromatic carbocycles. The Kier molecular flexibility index (Phi) is 4.55. The van der Waals surface area contributed by atoms with Crippen LogP contribution in [0.1, 0.15) is 16.1 Å². The van der Waals surface area contributed by atoms with Crippen LogP contribution in [0.4, 0.5) is 17.5 Å². The summed E-state index contributed by atoms with van der Waals surface area (Å²) in [5.41, 5.74) is 14.2. The van der Waals surface area contributed by atoms with Crippen molar-refractivity contribution in [2.24, 2.45) is 0 Å². The monoisotopic (exact) mass is 436 g/mol. The van der Waals surface area contributed by atoms with Crippen LogP contribution < -0.4 is 20.3 Å². The molecule has 0 aliphatic heterocycles. The first-order valence-corrected chi connectivity index (χ1v) is 7.94. The lowest BCUT2D eigenvalue weighted by Gasteiger charge is -2.08. The molecule has 3 aromatic rings. The minimum Gasteiger partial charge on any atom is -0.382 e. The zero-order valence-electron chi connectivity index (χ0n) is 12.3. The fourth-order valence-corrected chi connectivity index (χ4v) is 2.37. The molecule has 0 bridgehead atoms. The first-order chi connectivity index (χ1) is 11.6. The molecular formula is C14H13IN8O. The molecule has 2 heterocycles. The Hall–Kier alpha value is -2.76. The molecule has 6 N–H and O–H groups in total. The zero-order valence-corrected chi connectivity index (χ0v) is 14.5. The Morgan fingerprint density at radius 3 is 2.58 bits per heavy atom. The number of carbonyl (C=O) groups is 1. The van der Waals surface area contributed by atoms with E-state index in [1.54, 1.807) is 41.2 Å². The lowest BCUT2D eigenvalue weighted by atomic mass is 10.2. The number of anilines is 3. The average molecular weight is 436 g/mol. The van der Waals surface area contributed by atoms with Crippen molar-refractivity contribution in [1.82, 2.24) is 23.5 Å². The number of hydrogen-bond donors (Lipinski definition) is 4. The molecule has 24 heavy (non-hydrogen) atoms. The number of nitrogen functional groups attached to an aromatic ring is 2. The second-order valence-corrected chi connectivity index (χ2v) is 5.39. The summed E-state index contributed by atoms with van der Waals surface area (Å²) in [6.45, 7) is 0.435. The number of benzene rings is 1. The molecule has 2 aromatic heterocycles. The Morgan fingerprint density at radius 2 is 1.88 bits per heavy atom. The summed E-state index contributed by atoms with van der Waals surface area (Å²) in [4.78, 5) is 27.9. The molecular weight excluding hydrogens is 423 g/mol. The molecule has 9 nitrogen and oxygen atoms in total. The maximum Gasteiger partial charge on any atom is 0.259 e. The van der Waals surface area contributed by atoms with Gasteiger partial charge in [-0.3, -0.25) is 8.32 Å². The van der Waals surface area contributed by atoms with Gasteiger partial charge in [-0.15, -0.1) is 0 Å². The number of aromatic nitrogens is 4. The number of nitrogens with two attached hydrogens (primary N) is 2. The van der Waals surface area contributed by atoms with E-state index < -0.39 is 0 Å². The lowest BCUT2D eigenvalue weighted by molar-refractivity contribution is 0.0989. The van der Waals surface area contributed by atoms with E-state index >= 15 is 0 Å². The van der Waals surface area contributed by atoms with E-state index in [1.807, 2.05) is 12.1 Å². The lowest BCUT2D eigenvalue weighted by Crippen LogP contribution is -2.11. The molecule has 0 spiro atoms. The Labute approximate surface area is 150 Å². The quantitative estimate of drug-likeness (QED) is 0.354. The highest BCUT2D eigenvalue weighted by Crippen LogP contribution is 2.16. The molecule has 0 saturated carbocycles. The van der Waals surface area contributed by atoms with Crippen LogP contribution in [0.2, 0.25) is 0 Å². The van der Waals surface area contributed by atoms with Gasteiger partial charge >= 0.3 is 0 Å². The van der Waals surface area contributed by atoms with Gasteiger partial charge in [0.15, 0.2) is 17.0 Å². The Balaban J connectivity index is 1.74. The molecule has 0 unspecified atom stereocenters. The van der Waals surface area contributed by atoms with Crippen LogP contribution in [-0.4, -0.2) is 25.8 Å². The minimum absolute atomic E-state index is 0.0656. The first kappa shape index (κ1) is 16.1. The van der Waals surface area contributed by atoms with E-state index in [2.05, 4.69) is 28.8 Å². The van der Waals surface area contributed by atoms with Crippen molar-refractivity contribution in [2.45, 2.75) is 6.54 Å². The number of fused-ring (bicyclic) bond motifs is 1. The van der Waals surface area contributed by atoms with Gasteiger partial charge < -0.3 is 16.8 Å². The van der Waals surface area contributed by atoms with Gasteiger partial charge in [0.1, 0.15) is 0 Å². The molecule has 10 heteroatoms. The second kappa shape index (κ2) is 6.78. The van der Waals surface area contributed by atoms with Crippen LogP contribution in [0, 0.1) is 0 Å². The SMILES string of the molecule is Nc1nc(N)c2nc(CNc3ccc(C(=O)NI)cc3)cnc2n1. The van der Waals surface area contributed by atoms with Crippen LogP contribution in [-0.2, 0) is 6.54 Å². The average Bonchev–Trinajstić information content (AvgIpc) is 2.60. The van der Waals surface area contributed by atoms with Crippen molar-refractivity contribution >= 4 is 57.4 Å². The van der Waals surface area contributed by atoms with Gasteiger partial charge in [0.05, 0.1) is 41.3 Å².